The molecule has 4 nitrogen and oxygen atoms in total. The average Bonchev–Trinajstić information content (AvgIpc) is 2.22. The van der Waals surface area contributed by atoms with Gasteiger partial charge in [0, 0.05) is 12.3 Å². The van der Waals surface area contributed by atoms with Crippen LogP contribution in [0, 0.1) is 57.2 Å². The third-order valence-corrected chi connectivity index (χ3v) is 1.88. The molecule has 0 saturated heterocycles. The third kappa shape index (κ3) is 4.76. The lowest BCUT2D eigenvalue weighted by Gasteiger charge is -2.08. The minimum absolute atomic E-state index is 0.154. The van der Waals surface area contributed by atoms with E-state index in [-0.39, 0.29) is 18.3 Å². The Bertz CT molecular complexity index is 320. The highest BCUT2D eigenvalue weighted by molar-refractivity contribution is 4.96. The quantitative estimate of drug-likeness (QED) is 0.654. The van der Waals surface area contributed by atoms with Gasteiger partial charge < -0.3 is 0 Å². The first kappa shape index (κ1) is 12.0. The van der Waals surface area contributed by atoms with Gasteiger partial charge in [-0.25, -0.2) is 0 Å². The maximum Gasteiger partial charge on any atom is 0.0667 e. The van der Waals surface area contributed by atoms with E-state index in [0.717, 1.165) is 0 Å². The van der Waals surface area contributed by atoms with Gasteiger partial charge in [-0.05, 0) is 12.8 Å². The summed E-state index contributed by atoms with van der Waals surface area (Å²) in [6, 6.07) is 7.90. The van der Waals surface area contributed by atoms with Crippen molar-refractivity contribution in [3.8, 4) is 24.3 Å². The van der Waals surface area contributed by atoms with Crippen molar-refractivity contribution >= 4 is 0 Å². The van der Waals surface area contributed by atoms with E-state index in [4.69, 9.17) is 21.0 Å². The summed E-state index contributed by atoms with van der Waals surface area (Å²) in [5.74, 6) is -0.670. The van der Waals surface area contributed by atoms with E-state index in [1.807, 2.05) is 24.3 Å². The Balaban J connectivity index is 4.06. The molecule has 0 aromatic carbocycles. The Morgan fingerprint density at radius 1 is 0.857 bits per heavy atom. The van der Waals surface area contributed by atoms with Crippen LogP contribution in [-0.4, -0.2) is 0 Å². The number of nitriles is 4. The van der Waals surface area contributed by atoms with E-state index in [2.05, 4.69) is 0 Å². The summed E-state index contributed by atoms with van der Waals surface area (Å²) in [6.07, 6.45) is 1.35. The summed E-state index contributed by atoms with van der Waals surface area (Å²) < 4.78 is 0. The molecule has 70 valence electrons. The van der Waals surface area contributed by atoms with E-state index in [1.54, 1.807) is 0 Å². The van der Waals surface area contributed by atoms with Gasteiger partial charge in [0.15, 0.2) is 0 Å². The molecule has 0 aliphatic rings. The van der Waals surface area contributed by atoms with E-state index < -0.39 is 0 Å². The maximum absolute atomic E-state index is 8.71. The van der Waals surface area contributed by atoms with Gasteiger partial charge in [0.1, 0.15) is 0 Å². The van der Waals surface area contributed by atoms with E-state index >= 15 is 0 Å². The molecular formula is C10H10N4. The van der Waals surface area contributed by atoms with Crippen molar-refractivity contribution in [2.24, 2.45) is 11.8 Å². The lowest BCUT2D eigenvalue weighted by molar-refractivity contribution is 0.482. The molecule has 0 aliphatic heterocycles. The molecule has 0 amide bonds. The topological polar surface area (TPSA) is 95.2 Å². The normalized spacial score (nSPS) is 12.6. The van der Waals surface area contributed by atoms with Crippen molar-refractivity contribution < 1.29 is 0 Å². The summed E-state index contributed by atoms with van der Waals surface area (Å²) in [7, 11) is 0. The number of rotatable bonds is 5. The second kappa shape index (κ2) is 7.60. The second-order valence-corrected chi connectivity index (χ2v) is 2.95. The molecule has 0 rings (SSSR count). The lowest BCUT2D eigenvalue weighted by Crippen LogP contribution is -2.05. The Morgan fingerprint density at radius 3 is 1.93 bits per heavy atom. The van der Waals surface area contributed by atoms with Gasteiger partial charge in [-0.2, -0.15) is 21.0 Å². The predicted octanol–water partition coefficient (Wildman–Crippen LogP) is 1.87. The predicted molar refractivity (Wildman–Crippen MR) is 47.9 cm³/mol. The molecule has 2 atom stereocenters. The molecule has 0 radical (unpaired) electrons. The van der Waals surface area contributed by atoms with Gasteiger partial charge in [0.2, 0.25) is 0 Å². The van der Waals surface area contributed by atoms with Crippen LogP contribution in [0.1, 0.15) is 25.7 Å². The van der Waals surface area contributed by atoms with Gasteiger partial charge in [-0.1, -0.05) is 0 Å². The van der Waals surface area contributed by atoms with Crippen LogP contribution in [0.4, 0.5) is 0 Å². The molecule has 0 bridgehead atoms. The first-order valence-corrected chi connectivity index (χ1v) is 4.31. The molecular weight excluding hydrogens is 176 g/mol. The van der Waals surface area contributed by atoms with Crippen LogP contribution in [0.15, 0.2) is 0 Å². The van der Waals surface area contributed by atoms with Crippen LogP contribution in [-0.2, 0) is 0 Å². The Labute approximate surface area is 83.6 Å². The van der Waals surface area contributed by atoms with Crippen molar-refractivity contribution in [1.82, 2.24) is 0 Å². The van der Waals surface area contributed by atoms with Crippen molar-refractivity contribution in [2.75, 3.05) is 0 Å². The number of nitrogens with zero attached hydrogens (tertiary/aromatic N) is 4. The molecule has 0 saturated carbocycles. The van der Waals surface area contributed by atoms with Gasteiger partial charge >= 0.3 is 0 Å². The fraction of sp³-hybridized carbons (Fsp3) is 0.600. The Morgan fingerprint density at radius 2 is 1.50 bits per heavy atom. The van der Waals surface area contributed by atoms with Crippen molar-refractivity contribution in [1.29, 1.82) is 21.0 Å². The molecule has 0 spiro atoms. The van der Waals surface area contributed by atoms with Crippen LogP contribution in [0.5, 0.6) is 0 Å². The molecule has 2 unspecified atom stereocenters. The summed E-state index contributed by atoms with van der Waals surface area (Å²) in [4.78, 5) is 0. The summed E-state index contributed by atoms with van der Waals surface area (Å²) in [5, 5.41) is 34.1. The van der Waals surface area contributed by atoms with Gasteiger partial charge in [-0.3, -0.25) is 0 Å². The number of hydrogen-bond acceptors (Lipinski definition) is 4. The first-order chi connectivity index (χ1) is 6.78. The largest absolute Gasteiger partial charge is 0.198 e. The van der Waals surface area contributed by atoms with Gasteiger partial charge in [0.05, 0.1) is 36.6 Å². The summed E-state index contributed by atoms with van der Waals surface area (Å²) in [6.45, 7) is 0. The minimum Gasteiger partial charge on any atom is -0.198 e. The fourth-order valence-corrected chi connectivity index (χ4v) is 1.11. The lowest BCUT2D eigenvalue weighted by atomic mass is 9.91. The second-order valence-electron chi connectivity index (χ2n) is 2.95. The van der Waals surface area contributed by atoms with Gasteiger partial charge in [0.25, 0.3) is 0 Å². The Hall–Kier alpha value is -2.04. The van der Waals surface area contributed by atoms with Crippen molar-refractivity contribution in [3.63, 3.8) is 0 Å². The average molecular weight is 186 g/mol. The van der Waals surface area contributed by atoms with Gasteiger partial charge in [-0.15, -0.1) is 0 Å². The zero-order valence-corrected chi connectivity index (χ0v) is 7.77. The highest BCUT2D eigenvalue weighted by Gasteiger charge is 2.15. The first-order valence-electron chi connectivity index (χ1n) is 4.31. The number of hydrogen-bond donors (Lipinski definition) is 0. The monoisotopic (exact) mass is 186 g/mol. The van der Waals surface area contributed by atoms with Crippen LogP contribution in [0.2, 0.25) is 0 Å². The summed E-state index contributed by atoms with van der Waals surface area (Å²) >= 11 is 0. The van der Waals surface area contributed by atoms with E-state index in [0.29, 0.717) is 19.3 Å². The van der Waals surface area contributed by atoms with E-state index in [9.17, 15) is 0 Å². The van der Waals surface area contributed by atoms with Crippen LogP contribution in [0.3, 0.4) is 0 Å². The van der Waals surface area contributed by atoms with E-state index in [1.165, 1.54) is 0 Å². The molecule has 0 N–H and O–H groups in total. The molecule has 0 aliphatic carbocycles. The molecule has 4 heteroatoms. The SMILES string of the molecule is N#CCCC(C#N)CC(C#N)CC#N. The fourth-order valence-electron chi connectivity index (χ4n) is 1.11. The summed E-state index contributed by atoms with van der Waals surface area (Å²) in [5.41, 5.74) is 0. The molecule has 0 aromatic rings. The highest BCUT2D eigenvalue weighted by Crippen LogP contribution is 2.18. The third-order valence-electron chi connectivity index (χ3n) is 1.88. The molecule has 0 heterocycles. The van der Waals surface area contributed by atoms with Crippen molar-refractivity contribution in [3.05, 3.63) is 0 Å². The van der Waals surface area contributed by atoms with Crippen LogP contribution >= 0.6 is 0 Å². The maximum atomic E-state index is 8.71. The standard InChI is InChI=1S/C10H10N4/c11-4-1-2-9(7-13)6-10(8-14)3-5-12/h9-10H,1-3,6H2. The Kier molecular flexibility index (Phi) is 6.49. The molecule has 14 heavy (non-hydrogen) atoms. The zero-order chi connectivity index (χ0) is 10.8. The molecule has 0 aromatic heterocycles. The van der Waals surface area contributed by atoms with Crippen molar-refractivity contribution in [2.45, 2.75) is 25.7 Å². The highest BCUT2D eigenvalue weighted by atomic mass is 14.3. The van der Waals surface area contributed by atoms with Crippen LogP contribution < -0.4 is 0 Å². The zero-order valence-electron chi connectivity index (χ0n) is 7.77. The van der Waals surface area contributed by atoms with Crippen LogP contribution in [0.25, 0.3) is 0 Å². The molecule has 0 fully saturated rings. The smallest absolute Gasteiger partial charge is 0.0667 e. The minimum atomic E-state index is -0.386.